The van der Waals surface area contributed by atoms with E-state index in [1.807, 2.05) is 38.1 Å². The molecule has 0 amide bonds. The van der Waals surface area contributed by atoms with Crippen molar-refractivity contribution in [1.29, 1.82) is 0 Å². The summed E-state index contributed by atoms with van der Waals surface area (Å²) in [5.41, 5.74) is 7.84. The van der Waals surface area contributed by atoms with Crippen molar-refractivity contribution in [2.45, 2.75) is 13.8 Å². The lowest BCUT2D eigenvalue weighted by molar-refractivity contribution is 0.865. The van der Waals surface area contributed by atoms with Gasteiger partial charge in [0.1, 0.15) is 5.82 Å². The van der Waals surface area contributed by atoms with Gasteiger partial charge in [0.2, 0.25) is 5.95 Å². The Morgan fingerprint density at radius 3 is 2.50 bits per heavy atom. The first-order valence-electron chi connectivity index (χ1n) is 4.43. The molecule has 0 unspecified atom stereocenters. The van der Waals surface area contributed by atoms with Crippen LogP contribution in [0.1, 0.15) is 11.4 Å². The molecule has 1 heterocycles. The molecule has 0 saturated heterocycles. The topological polar surface area (TPSA) is 56.7 Å². The van der Waals surface area contributed by atoms with Gasteiger partial charge in [0.15, 0.2) is 0 Å². The first kappa shape index (κ1) is 8.74. The summed E-state index contributed by atoms with van der Waals surface area (Å²) in [6.07, 6.45) is 0. The number of anilines is 1. The second-order valence-corrected chi connectivity index (χ2v) is 3.22. The summed E-state index contributed by atoms with van der Waals surface area (Å²) in [6, 6.07) is 7.93. The number of para-hydroxylation sites is 1. The van der Waals surface area contributed by atoms with Gasteiger partial charge in [-0.2, -0.15) is 9.67 Å². The first-order chi connectivity index (χ1) is 6.68. The maximum absolute atomic E-state index is 5.73. The van der Waals surface area contributed by atoms with Crippen LogP contribution in [0.25, 0.3) is 5.69 Å². The van der Waals surface area contributed by atoms with Crippen LogP contribution in [0.2, 0.25) is 0 Å². The summed E-state index contributed by atoms with van der Waals surface area (Å²) in [6.45, 7) is 3.84. The smallest absolute Gasteiger partial charge is 0.223 e. The van der Waals surface area contributed by atoms with E-state index >= 15 is 0 Å². The number of aryl methyl sites for hydroxylation is 2. The summed E-state index contributed by atoms with van der Waals surface area (Å²) < 4.78 is 1.66. The maximum Gasteiger partial charge on any atom is 0.223 e. The number of benzene rings is 1. The fourth-order valence-electron chi connectivity index (χ4n) is 1.41. The summed E-state index contributed by atoms with van der Waals surface area (Å²) >= 11 is 0. The highest BCUT2D eigenvalue weighted by Gasteiger charge is 2.06. The van der Waals surface area contributed by atoms with Gasteiger partial charge in [-0.1, -0.05) is 18.2 Å². The summed E-state index contributed by atoms with van der Waals surface area (Å²) in [5, 5.41) is 4.22. The number of hydrogen-bond donors (Lipinski definition) is 1. The normalized spacial score (nSPS) is 10.4. The van der Waals surface area contributed by atoms with Gasteiger partial charge >= 0.3 is 0 Å². The van der Waals surface area contributed by atoms with Crippen molar-refractivity contribution in [3.63, 3.8) is 0 Å². The fourth-order valence-corrected chi connectivity index (χ4v) is 1.41. The zero-order valence-electron chi connectivity index (χ0n) is 8.23. The average Bonchev–Trinajstić information content (AvgIpc) is 2.46. The van der Waals surface area contributed by atoms with E-state index in [2.05, 4.69) is 10.1 Å². The number of nitrogens with zero attached hydrogens (tertiary/aromatic N) is 3. The molecule has 2 N–H and O–H groups in total. The van der Waals surface area contributed by atoms with Crippen LogP contribution in [-0.4, -0.2) is 14.8 Å². The number of aromatic nitrogens is 3. The quantitative estimate of drug-likeness (QED) is 0.737. The molecule has 0 spiro atoms. The molecule has 0 aliphatic carbocycles. The Kier molecular flexibility index (Phi) is 1.96. The van der Waals surface area contributed by atoms with Crippen molar-refractivity contribution in [2.75, 3.05) is 5.73 Å². The number of nitrogen functional groups attached to an aromatic ring is 1. The van der Waals surface area contributed by atoms with Gasteiger partial charge in [0.05, 0.1) is 5.69 Å². The highest BCUT2D eigenvalue weighted by molar-refractivity contribution is 5.43. The second-order valence-electron chi connectivity index (χ2n) is 3.22. The van der Waals surface area contributed by atoms with Gasteiger partial charge in [0.25, 0.3) is 0 Å². The van der Waals surface area contributed by atoms with Crippen LogP contribution in [-0.2, 0) is 0 Å². The highest BCUT2D eigenvalue weighted by atomic mass is 15.4. The lowest BCUT2D eigenvalue weighted by Gasteiger charge is -2.05. The van der Waals surface area contributed by atoms with Crippen LogP contribution >= 0.6 is 0 Å². The molecular weight excluding hydrogens is 176 g/mol. The van der Waals surface area contributed by atoms with E-state index in [-0.39, 0.29) is 0 Å². The third kappa shape index (κ3) is 1.35. The number of nitrogens with two attached hydrogens (primary N) is 1. The monoisotopic (exact) mass is 188 g/mol. The molecule has 0 fully saturated rings. The molecule has 0 radical (unpaired) electrons. The lowest BCUT2D eigenvalue weighted by atomic mass is 10.2. The Morgan fingerprint density at radius 1 is 1.21 bits per heavy atom. The molecule has 0 aliphatic heterocycles. The molecule has 0 atom stereocenters. The van der Waals surface area contributed by atoms with Crippen LogP contribution in [0, 0.1) is 13.8 Å². The number of rotatable bonds is 1. The van der Waals surface area contributed by atoms with Gasteiger partial charge in [0, 0.05) is 0 Å². The maximum atomic E-state index is 5.73. The van der Waals surface area contributed by atoms with Crippen LogP contribution in [0.5, 0.6) is 0 Å². The Morgan fingerprint density at radius 2 is 1.93 bits per heavy atom. The molecule has 1 aromatic heterocycles. The molecule has 4 nitrogen and oxygen atoms in total. The van der Waals surface area contributed by atoms with Crippen molar-refractivity contribution in [1.82, 2.24) is 14.8 Å². The molecule has 2 aromatic rings. The Balaban J connectivity index is 2.60. The van der Waals surface area contributed by atoms with Gasteiger partial charge in [-0.05, 0) is 25.5 Å². The van der Waals surface area contributed by atoms with Crippen molar-refractivity contribution in [3.05, 3.63) is 35.7 Å². The largest absolute Gasteiger partial charge is 0.368 e. The molecule has 72 valence electrons. The van der Waals surface area contributed by atoms with Crippen LogP contribution < -0.4 is 5.73 Å². The minimum absolute atomic E-state index is 0.428. The third-order valence-corrected chi connectivity index (χ3v) is 2.08. The molecule has 0 bridgehead atoms. The highest BCUT2D eigenvalue weighted by Crippen LogP contribution is 2.15. The van der Waals surface area contributed by atoms with E-state index in [4.69, 9.17) is 5.73 Å². The number of hydrogen-bond acceptors (Lipinski definition) is 3. The van der Waals surface area contributed by atoms with Gasteiger partial charge in [-0.25, -0.2) is 0 Å². The average molecular weight is 188 g/mol. The summed E-state index contributed by atoms with van der Waals surface area (Å²) in [4.78, 5) is 4.06. The Hall–Kier alpha value is -1.84. The predicted octanol–water partition coefficient (Wildman–Crippen LogP) is 1.47. The van der Waals surface area contributed by atoms with Crippen LogP contribution in [0.4, 0.5) is 5.95 Å². The zero-order valence-corrected chi connectivity index (χ0v) is 8.23. The zero-order chi connectivity index (χ0) is 10.1. The van der Waals surface area contributed by atoms with E-state index in [1.165, 1.54) is 0 Å². The third-order valence-electron chi connectivity index (χ3n) is 2.08. The van der Waals surface area contributed by atoms with Gasteiger partial charge in [-0.3, -0.25) is 0 Å². The van der Waals surface area contributed by atoms with Crippen LogP contribution in [0.15, 0.2) is 24.3 Å². The molecule has 0 saturated carbocycles. The molecule has 0 aliphatic rings. The van der Waals surface area contributed by atoms with Crippen molar-refractivity contribution < 1.29 is 0 Å². The second kappa shape index (κ2) is 3.14. The minimum atomic E-state index is 0.428. The van der Waals surface area contributed by atoms with Crippen molar-refractivity contribution in [3.8, 4) is 5.69 Å². The summed E-state index contributed by atoms with van der Waals surface area (Å²) in [5.74, 6) is 1.11. The minimum Gasteiger partial charge on any atom is -0.368 e. The SMILES string of the molecule is Cc1nc(N)n(-c2ccccc2C)n1. The first-order valence-corrected chi connectivity index (χ1v) is 4.43. The predicted molar refractivity (Wildman–Crippen MR) is 55.2 cm³/mol. The fraction of sp³-hybridized carbons (Fsp3) is 0.200. The Labute approximate surface area is 82.4 Å². The Bertz CT molecular complexity index is 459. The molecular formula is C10H12N4. The van der Waals surface area contributed by atoms with Crippen molar-refractivity contribution in [2.24, 2.45) is 0 Å². The van der Waals surface area contributed by atoms with E-state index in [9.17, 15) is 0 Å². The van der Waals surface area contributed by atoms with Crippen LogP contribution in [0.3, 0.4) is 0 Å². The molecule has 1 aromatic carbocycles. The van der Waals surface area contributed by atoms with E-state index in [1.54, 1.807) is 4.68 Å². The molecule has 2 rings (SSSR count). The van der Waals surface area contributed by atoms with Crippen molar-refractivity contribution >= 4 is 5.95 Å². The standard InChI is InChI=1S/C10H12N4/c1-7-5-3-4-6-9(7)14-10(11)12-8(2)13-14/h3-6H,1-2H3,(H2,11,12,13). The van der Waals surface area contributed by atoms with Gasteiger partial charge in [-0.15, -0.1) is 5.10 Å². The van der Waals surface area contributed by atoms with E-state index in [0.717, 1.165) is 11.3 Å². The van der Waals surface area contributed by atoms with Gasteiger partial charge < -0.3 is 5.73 Å². The van der Waals surface area contributed by atoms with E-state index in [0.29, 0.717) is 11.8 Å². The molecule has 14 heavy (non-hydrogen) atoms. The van der Waals surface area contributed by atoms with E-state index < -0.39 is 0 Å². The molecule has 4 heteroatoms. The summed E-state index contributed by atoms with van der Waals surface area (Å²) in [7, 11) is 0. The lowest BCUT2D eigenvalue weighted by Crippen LogP contribution is -2.03.